The van der Waals surface area contributed by atoms with Crippen LogP contribution in [0.15, 0.2) is 30.3 Å². The van der Waals surface area contributed by atoms with E-state index >= 15 is 0 Å². The van der Waals surface area contributed by atoms with Gasteiger partial charge in [-0.15, -0.1) is 0 Å². The van der Waals surface area contributed by atoms with Crippen LogP contribution in [0.25, 0.3) is 11.6 Å². The van der Waals surface area contributed by atoms with Crippen LogP contribution in [0.4, 0.5) is 4.39 Å². The van der Waals surface area contributed by atoms with Gasteiger partial charge in [0.15, 0.2) is 0 Å². The van der Waals surface area contributed by atoms with E-state index in [0.29, 0.717) is 17.7 Å². The Bertz CT molecular complexity index is 738. The van der Waals surface area contributed by atoms with E-state index in [0.717, 1.165) is 23.5 Å². The average Bonchev–Trinajstić information content (AvgIpc) is 2.77. The van der Waals surface area contributed by atoms with Gasteiger partial charge in [0.1, 0.15) is 5.82 Å². The Morgan fingerprint density at radius 1 is 1.36 bits per heavy atom. The van der Waals surface area contributed by atoms with Crippen LogP contribution >= 0.6 is 0 Å². The number of methoxy groups -OCH3 is 1. The van der Waals surface area contributed by atoms with Crippen molar-refractivity contribution >= 4 is 11.6 Å². The van der Waals surface area contributed by atoms with Crippen LogP contribution < -0.4 is 0 Å². The summed E-state index contributed by atoms with van der Waals surface area (Å²) in [7, 11) is 1.67. The quantitative estimate of drug-likeness (QED) is 0.784. The SMILES string of the molecule is COCCn1c(C)cc(C=C(C#N)c2cccc(F)c2)c1C. The van der Waals surface area contributed by atoms with Crippen LogP contribution in [0.5, 0.6) is 0 Å². The highest BCUT2D eigenvalue weighted by molar-refractivity contribution is 5.90. The summed E-state index contributed by atoms with van der Waals surface area (Å²) < 4.78 is 20.6. The van der Waals surface area contributed by atoms with E-state index in [4.69, 9.17) is 4.74 Å². The number of benzene rings is 1. The van der Waals surface area contributed by atoms with Crippen molar-refractivity contribution in [3.05, 3.63) is 58.7 Å². The second-order valence-corrected chi connectivity index (χ2v) is 5.15. The van der Waals surface area contributed by atoms with Gasteiger partial charge in [0.05, 0.1) is 18.2 Å². The number of nitriles is 1. The van der Waals surface area contributed by atoms with Crippen LogP contribution in [0.2, 0.25) is 0 Å². The van der Waals surface area contributed by atoms with Crippen molar-refractivity contribution in [1.29, 1.82) is 5.26 Å². The monoisotopic (exact) mass is 298 g/mol. The number of aromatic nitrogens is 1. The van der Waals surface area contributed by atoms with Gasteiger partial charge in [-0.25, -0.2) is 4.39 Å². The highest BCUT2D eigenvalue weighted by Gasteiger charge is 2.09. The first-order valence-electron chi connectivity index (χ1n) is 7.10. The van der Waals surface area contributed by atoms with Gasteiger partial charge in [-0.05, 0) is 49.2 Å². The molecular weight excluding hydrogens is 279 g/mol. The Morgan fingerprint density at radius 3 is 2.77 bits per heavy atom. The second kappa shape index (κ2) is 7.06. The molecule has 0 atom stereocenters. The Kier molecular flexibility index (Phi) is 5.13. The molecule has 0 fully saturated rings. The van der Waals surface area contributed by atoms with Gasteiger partial charge in [0.25, 0.3) is 0 Å². The van der Waals surface area contributed by atoms with E-state index in [1.54, 1.807) is 25.3 Å². The van der Waals surface area contributed by atoms with Crippen LogP contribution in [0.1, 0.15) is 22.5 Å². The number of ether oxygens (including phenoxy) is 1. The molecule has 0 saturated heterocycles. The van der Waals surface area contributed by atoms with Crippen LogP contribution in [0.3, 0.4) is 0 Å². The molecule has 22 heavy (non-hydrogen) atoms. The summed E-state index contributed by atoms with van der Waals surface area (Å²) >= 11 is 0. The number of rotatable bonds is 5. The molecule has 4 heteroatoms. The lowest BCUT2D eigenvalue weighted by atomic mass is 10.0. The molecular formula is C18H19FN2O. The zero-order chi connectivity index (χ0) is 16.1. The molecule has 0 spiro atoms. The molecule has 0 unspecified atom stereocenters. The molecule has 0 aliphatic heterocycles. The summed E-state index contributed by atoms with van der Waals surface area (Å²) in [6, 6.07) is 10.3. The van der Waals surface area contributed by atoms with Crippen molar-refractivity contribution in [2.75, 3.05) is 13.7 Å². The second-order valence-electron chi connectivity index (χ2n) is 5.15. The highest BCUT2D eigenvalue weighted by Crippen LogP contribution is 2.23. The molecule has 3 nitrogen and oxygen atoms in total. The zero-order valence-electron chi connectivity index (χ0n) is 13.1. The van der Waals surface area contributed by atoms with E-state index in [-0.39, 0.29) is 5.82 Å². The zero-order valence-corrected chi connectivity index (χ0v) is 13.1. The summed E-state index contributed by atoms with van der Waals surface area (Å²) in [5, 5.41) is 9.37. The fraction of sp³-hybridized carbons (Fsp3) is 0.278. The number of nitrogens with zero attached hydrogens (tertiary/aromatic N) is 2. The van der Waals surface area contributed by atoms with Crippen molar-refractivity contribution in [1.82, 2.24) is 4.57 Å². The summed E-state index contributed by atoms with van der Waals surface area (Å²) in [6.45, 7) is 5.43. The highest BCUT2D eigenvalue weighted by atomic mass is 19.1. The van der Waals surface area contributed by atoms with Crippen molar-refractivity contribution in [3.8, 4) is 6.07 Å². The van der Waals surface area contributed by atoms with E-state index in [9.17, 15) is 9.65 Å². The van der Waals surface area contributed by atoms with Crippen LogP contribution in [-0.4, -0.2) is 18.3 Å². The van der Waals surface area contributed by atoms with Gasteiger partial charge in [0, 0.05) is 25.0 Å². The Balaban J connectivity index is 2.41. The Morgan fingerprint density at radius 2 is 2.14 bits per heavy atom. The van der Waals surface area contributed by atoms with Gasteiger partial charge >= 0.3 is 0 Å². The molecule has 0 saturated carbocycles. The van der Waals surface area contributed by atoms with Crippen molar-refractivity contribution < 1.29 is 9.13 Å². The molecule has 0 aliphatic carbocycles. The predicted molar refractivity (Wildman–Crippen MR) is 85.7 cm³/mol. The van der Waals surface area contributed by atoms with E-state index in [1.165, 1.54) is 12.1 Å². The maximum atomic E-state index is 13.3. The fourth-order valence-corrected chi connectivity index (χ4v) is 2.49. The smallest absolute Gasteiger partial charge is 0.123 e. The summed E-state index contributed by atoms with van der Waals surface area (Å²) in [5.74, 6) is -0.343. The third kappa shape index (κ3) is 3.44. The average molecular weight is 298 g/mol. The first kappa shape index (κ1) is 16.0. The molecule has 1 aromatic heterocycles. The molecule has 0 bridgehead atoms. The van der Waals surface area contributed by atoms with Crippen molar-refractivity contribution in [3.63, 3.8) is 0 Å². The van der Waals surface area contributed by atoms with Crippen LogP contribution in [-0.2, 0) is 11.3 Å². The molecule has 1 aromatic carbocycles. The number of halogens is 1. The number of allylic oxidation sites excluding steroid dienone is 1. The molecule has 0 amide bonds. The van der Waals surface area contributed by atoms with Crippen molar-refractivity contribution in [2.24, 2.45) is 0 Å². The minimum Gasteiger partial charge on any atom is -0.383 e. The topological polar surface area (TPSA) is 38.0 Å². The minimum atomic E-state index is -0.343. The minimum absolute atomic E-state index is 0.343. The fourth-order valence-electron chi connectivity index (χ4n) is 2.49. The molecule has 1 heterocycles. The van der Waals surface area contributed by atoms with Gasteiger partial charge < -0.3 is 9.30 Å². The van der Waals surface area contributed by atoms with E-state index in [2.05, 4.69) is 10.6 Å². The molecule has 0 aliphatic rings. The Labute approximate surface area is 130 Å². The lowest BCUT2D eigenvalue weighted by Crippen LogP contribution is -2.07. The molecule has 2 rings (SSSR count). The number of hydrogen-bond acceptors (Lipinski definition) is 2. The van der Waals surface area contributed by atoms with E-state index < -0.39 is 0 Å². The van der Waals surface area contributed by atoms with Crippen LogP contribution in [0, 0.1) is 31.0 Å². The standard InChI is InChI=1S/C18H19FN2O/c1-13-9-16(14(2)21(13)7-8-22-3)10-17(12-20)15-5-4-6-18(19)11-15/h4-6,9-11H,7-8H2,1-3H3. The summed E-state index contributed by atoms with van der Waals surface area (Å²) in [5.41, 5.74) is 4.18. The molecule has 0 N–H and O–H groups in total. The maximum Gasteiger partial charge on any atom is 0.123 e. The van der Waals surface area contributed by atoms with Crippen molar-refractivity contribution in [2.45, 2.75) is 20.4 Å². The normalized spacial score (nSPS) is 11.5. The lowest BCUT2D eigenvalue weighted by molar-refractivity contribution is 0.186. The molecule has 0 radical (unpaired) electrons. The lowest BCUT2D eigenvalue weighted by Gasteiger charge is -2.08. The van der Waals surface area contributed by atoms with Gasteiger partial charge in [-0.2, -0.15) is 5.26 Å². The predicted octanol–water partition coefficient (Wildman–Crippen LogP) is 3.95. The first-order valence-corrected chi connectivity index (χ1v) is 7.10. The van der Waals surface area contributed by atoms with Gasteiger partial charge in [0.2, 0.25) is 0 Å². The van der Waals surface area contributed by atoms with Gasteiger partial charge in [-0.1, -0.05) is 12.1 Å². The van der Waals surface area contributed by atoms with E-state index in [1.807, 2.05) is 19.9 Å². The molecule has 114 valence electrons. The molecule has 2 aromatic rings. The Hall–Kier alpha value is -2.38. The first-order chi connectivity index (χ1) is 10.6. The largest absolute Gasteiger partial charge is 0.383 e. The third-order valence-electron chi connectivity index (χ3n) is 3.69. The maximum absolute atomic E-state index is 13.3. The van der Waals surface area contributed by atoms with Gasteiger partial charge in [-0.3, -0.25) is 0 Å². The number of aryl methyl sites for hydroxylation is 1. The summed E-state index contributed by atoms with van der Waals surface area (Å²) in [6.07, 6.45) is 1.81. The number of hydrogen-bond donors (Lipinski definition) is 0. The third-order valence-corrected chi connectivity index (χ3v) is 3.69. The summed E-state index contributed by atoms with van der Waals surface area (Å²) in [4.78, 5) is 0.